The van der Waals surface area contributed by atoms with Gasteiger partial charge in [0.25, 0.3) is 5.91 Å². The predicted molar refractivity (Wildman–Crippen MR) is 106 cm³/mol. The lowest BCUT2D eigenvalue weighted by molar-refractivity contribution is -0.113. The van der Waals surface area contributed by atoms with Gasteiger partial charge in [-0.15, -0.1) is 0 Å². The van der Waals surface area contributed by atoms with Gasteiger partial charge in [-0.3, -0.25) is 4.79 Å². The Morgan fingerprint density at radius 3 is 2.54 bits per heavy atom. The van der Waals surface area contributed by atoms with Crippen molar-refractivity contribution in [1.82, 2.24) is 10.6 Å². The van der Waals surface area contributed by atoms with E-state index in [4.69, 9.17) is 9.47 Å². The summed E-state index contributed by atoms with van der Waals surface area (Å²) in [5.74, 6) is 0.958. The van der Waals surface area contributed by atoms with E-state index < -0.39 is 6.04 Å². The van der Waals surface area contributed by atoms with Crippen LogP contribution in [-0.2, 0) is 4.79 Å². The number of carbonyl (C=O) groups excluding carboxylic acids is 2. The van der Waals surface area contributed by atoms with E-state index in [1.807, 2.05) is 43.3 Å². The molecule has 1 heterocycles. The minimum atomic E-state index is -0.584. The van der Waals surface area contributed by atoms with E-state index in [0.717, 1.165) is 11.3 Å². The number of carbonyl (C=O) groups is 2. The van der Waals surface area contributed by atoms with Gasteiger partial charge in [-0.25, -0.2) is 4.79 Å². The van der Waals surface area contributed by atoms with Crippen LogP contribution in [0.3, 0.4) is 0 Å². The van der Waals surface area contributed by atoms with E-state index in [0.29, 0.717) is 29.3 Å². The van der Waals surface area contributed by atoms with E-state index in [2.05, 4.69) is 16.0 Å². The topological polar surface area (TPSA) is 88.7 Å². The van der Waals surface area contributed by atoms with Gasteiger partial charge in [0.1, 0.15) is 11.5 Å². The summed E-state index contributed by atoms with van der Waals surface area (Å²) >= 11 is 0. The second-order valence-corrected chi connectivity index (χ2v) is 6.23. The number of allylic oxidation sites excluding steroid dienone is 1. The Bertz CT molecular complexity index is 906. The van der Waals surface area contributed by atoms with E-state index in [1.54, 1.807) is 26.2 Å². The maximum absolute atomic E-state index is 13.1. The van der Waals surface area contributed by atoms with Gasteiger partial charge in [-0.05, 0) is 43.7 Å². The first-order valence-electron chi connectivity index (χ1n) is 8.99. The van der Waals surface area contributed by atoms with Crippen molar-refractivity contribution in [3.8, 4) is 11.5 Å². The molecule has 0 unspecified atom stereocenters. The summed E-state index contributed by atoms with van der Waals surface area (Å²) in [5.41, 5.74) is 2.25. The number of nitrogens with one attached hydrogen (secondary N) is 3. The lowest BCUT2D eigenvalue weighted by Crippen LogP contribution is -2.45. The number of hydrogen-bond acceptors (Lipinski definition) is 4. The van der Waals surface area contributed by atoms with Gasteiger partial charge in [0.15, 0.2) is 0 Å². The third kappa shape index (κ3) is 4.09. The molecule has 28 heavy (non-hydrogen) atoms. The van der Waals surface area contributed by atoms with Crippen molar-refractivity contribution in [1.29, 1.82) is 0 Å². The molecule has 7 heteroatoms. The molecular formula is C21H23N3O4. The standard InChI is InChI=1S/C21H23N3O4/c1-4-28-15-11-9-14(10-12-15)19-18(13(2)22-21(26)24-19)20(25)23-16-7-5-6-8-17(16)27-3/h5-12,19H,4H2,1-3H3,(H,23,25)(H2,22,24,26)/t19-/m0/s1. The lowest BCUT2D eigenvalue weighted by Gasteiger charge is -2.29. The Kier molecular flexibility index (Phi) is 5.84. The van der Waals surface area contributed by atoms with Gasteiger partial charge in [0, 0.05) is 5.70 Å². The minimum absolute atomic E-state index is 0.326. The molecule has 0 aliphatic carbocycles. The molecule has 0 saturated carbocycles. The molecule has 3 rings (SSSR count). The zero-order chi connectivity index (χ0) is 20.1. The van der Waals surface area contributed by atoms with Crippen LogP contribution < -0.4 is 25.4 Å². The van der Waals surface area contributed by atoms with Crippen LogP contribution in [0.25, 0.3) is 0 Å². The highest BCUT2D eigenvalue weighted by Gasteiger charge is 2.31. The summed E-state index contributed by atoms with van der Waals surface area (Å²) in [6.07, 6.45) is 0. The molecule has 0 fully saturated rings. The Balaban J connectivity index is 1.92. The summed E-state index contributed by atoms with van der Waals surface area (Å²) in [6.45, 7) is 4.18. The Hall–Kier alpha value is -3.48. The fourth-order valence-corrected chi connectivity index (χ4v) is 3.11. The van der Waals surface area contributed by atoms with E-state index in [1.165, 1.54) is 0 Å². The van der Waals surface area contributed by atoms with Gasteiger partial charge in [0.05, 0.1) is 31.0 Å². The maximum atomic E-state index is 13.1. The first-order valence-corrected chi connectivity index (χ1v) is 8.99. The van der Waals surface area contributed by atoms with Crippen molar-refractivity contribution < 1.29 is 19.1 Å². The first-order chi connectivity index (χ1) is 13.5. The number of hydrogen-bond donors (Lipinski definition) is 3. The monoisotopic (exact) mass is 381 g/mol. The number of urea groups is 1. The molecule has 1 atom stereocenters. The molecule has 0 bridgehead atoms. The molecule has 2 aromatic carbocycles. The van der Waals surface area contributed by atoms with Crippen LogP contribution in [0.5, 0.6) is 11.5 Å². The lowest BCUT2D eigenvalue weighted by atomic mass is 9.94. The first kappa shape index (κ1) is 19.3. The van der Waals surface area contributed by atoms with E-state index >= 15 is 0 Å². The van der Waals surface area contributed by atoms with Gasteiger partial charge in [-0.1, -0.05) is 24.3 Å². The molecule has 3 amide bonds. The number of amides is 3. The molecule has 2 aromatic rings. The molecular weight excluding hydrogens is 358 g/mol. The smallest absolute Gasteiger partial charge is 0.319 e. The summed E-state index contributed by atoms with van der Waals surface area (Å²) in [5, 5.41) is 8.36. The fourth-order valence-electron chi connectivity index (χ4n) is 3.11. The van der Waals surface area contributed by atoms with Gasteiger partial charge in [0.2, 0.25) is 0 Å². The predicted octanol–water partition coefficient (Wildman–Crippen LogP) is 3.36. The zero-order valence-corrected chi connectivity index (χ0v) is 16.0. The summed E-state index contributed by atoms with van der Waals surface area (Å²) < 4.78 is 10.8. The van der Waals surface area contributed by atoms with Crippen molar-refractivity contribution in [2.45, 2.75) is 19.9 Å². The Morgan fingerprint density at radius 2 is 1.86 bits per heavy atom. The molecule has 1 aliphatic heterocycles. The Labute approximate surface area is 163 Å². The minimum Gasteiger partial charge on any atom is -0.495 e. The van der Waals surface area contributed by atoms with E-state index in [9.17, 15) is 9.59 Å². The SMILES string of the molecule is CCOc1ccc([C@@H]2NC(=O)NC(C)=C2C(=O)Nc2ccccc2OC)cc1. The highest BCUT2D eigenvalue weighted by molar-refractivity contribution is 6.07. The van der Waals surface area contributed by atoms with Crippen molar-refractivity contribution in [3.63, 3.8) is 0 Å². The quantitative estimate of drug-likeness (QED) is 0.716. The number of methoxy groups -OCH3 is 1. The average Bonchev–Trinajstić information content (AvgIpc) is 2.68. The van der Waals surface area contributed by atoms with Crippen LogP contribution >= 0.6 is 0 Å². The highest BCUT2D eigenvalue weighted by Crippen LogP contribution is 2.30. The largest absolute Gasteiger partial charge is 0.495 e. The maximum Gasteiger partial charge on any atom is 0.319 e. The van der Waals surface area contributed by atoms with Crippen LogP contribution in [-0.4, -0.2) is 25.7 Å². The molecule has 1 aliphatic rings. The van der Waals surface area contributed by atoms with Crippen LogP contribution in [0.2, 0.25) is 0 Å². The van der Waals surface area contributed by atoms with Crippen molar-refractivity contribution in [3.05, 3.63) is 65.4 Å². The van der Waals surface area contributed by atoms with Crippen molar-refractivity contribution in [2.24, 2.45) is 0 Å². The van der Waals surface area contributed by atoms with Crippen LogP contribution in [0.1, 0.15) is 25.5 Å². The number of para-hydroxylation sites is 2. The van der Waals surface area contributed by atoms with Crippen LogP contribution in [0.15, 0.2) is 59.8 Å². The molecule has 0 aromatic heterocycles. The number of rotatable bonds is 6. The van der Waals surface area contributed by atoms with Crippen molar-refractivity contribution in [2.75, 3.05) is 19.0 Å². The highest BCUT2D eigenvalue weighted by atomic mass is 16.5. The summed E-state index contributed by atoms with van der Waals surface area (Å²) in [6, 6.07) is 13.5. The molecule has 0 saturated heterocycles. The third-order valence-corrected chi connectivity index (χ3v) is 4.39. The third-order valence-electron chi connectivity index (χ3n) is 4.39. The number of anilines is 1. The second kappa shape index (κ2) is 8.47. The number of benzene rings is 2. The van der Waals surface area contributed by atoms with Gasteiger partial charge >= 0.3 is 6.03 Å². The normalized spacial score (nSPS) is 16.1. The van der Waals surface area contributed by atoms with Crippen LogP contribution in [0, 0.1) is 0 Å². The van der Waals surface area contributed by atoms with Gasteiger partial charge < -0.3 is 25.4 Å². The molecule has 146 valence electrons. The zero-order valence-electron chi connectivity index (χ0n) is 16.0. The molecule has 7 nitrogen and oxygen atoms in total. The van der Waals surface area contributed by atoms with Crippen molar-refractivity contribution >= 4 is 17.6 Å². The Morgan fingerprint density at radius 1 is 1.14 bits per heavy atom. The summed E-state index contributed by atoms with van der Waals surface area (Å²) in [7, 11) is 1.54. The fraction of sp³-hybridized carbons (Fsp3) is 0.238. The number of ether oxygens (including phenoxy) is 2. The molecule has 0 spiro atoms. The van der Waals surface area contributed by atoms with Crippen LogP contribution in [0.4, 0.5) is 10.5 Å². The molecule has 0 radical (unpaired) electrons. The molecule has 3 N–H and O–H groups in total. The summed E-state index contributed by atoms with van der Waals surface area (Å²) in [4.78, 5) is 25.1. The second-order valence-electron chi connectivity index (χ2n) is 6.23. The van der Waals surface area contributed by atoms with Gasteiger partial charge in [-0.2, -0.15) is 0 Å². The van der Waals surface area contributed by atoms with E-state index in [-0.39, 0.29) is 11.9 Å². The average molecular weight is 381 g/mol.